The van der Waals surface area contributed by atoms with Crippen molar-refractivity contribution in [3.63, 3.8) is 0 Å². The van der Waals surface area contributed by atoms with Gasteiger partial charge in [-0.15, -0.1) is 0 Å². The lowest BCUT2D eigenvalue weighted by molar-refractivity contribution is 1.18. The Hall–Kier alpha value is -5.48. The van der Waals surface area contributed by atoms with E-state index in [1.54, 1.807) is 0 Å². The molecule has 0 aliphatic rings. The van der Waals surface area contributed by atoms with Crippen LogP contribution in [-0.4, -0.2) is 19.9 Å². The van der Waals surface area contributed by atoms with Gasteiger partial charge in [0.05, 0.1) is 22.4 Å². The van der Waals surface area contributed by atoms with E-state index in [4.69, 9.17) is 9.97 Å². The van der Waals surface area contributed by atoms with Gasteiger partial charge in [-0.1, -0.05) is 72.8 Å². The van der Waals surface area contributed by atoms with Crippen molar-refractivity contribution in [1.82, 2.24) is 19.9 Å². The Kier molecular flexibility index (Phi) is 5.10. The number of hydrogen-bond donors (Lipinski definition) is 0. The molecule has 0 fully saturated rings. The minimum Gasteiger partial charge on any atom is -0.256 e. The molecule has 8 aromatic rings. The lowest BCUT2D eigenvalue weighted by Gasteiger charge is -2.11. The summed E-state index contributed by atoms with van der Waals surface area (Å²) in [5.74, 6) is 0.685. The minimum absolute atomic E-state index is 0.685. The first-order valence-electron chi connectivity index (χ1n) is 13.3. The predicted molar refractivity (Wildman–Crippen MR) is 164 cm³/mol. The van der Waals surface area contributed by atoms with E-state index in [1.165, 1.54) is 16.2 Å². The van der Waals surface area contributed by atoms with Crippen molar-refractivity contribution < 1.29 is 0 Å². The van der Waals surface area contributed by atoms with Crippen LogP contribution in [0.5, 0.6) is 0 Å². The van der Waals surface area contributed by atoms with Crippen LogP contribution in [0.25, 0.3) is 77.3 Å². The number of benzene rings is 5. The molecule has 0 radical (unpaired) electrons. The number of fused-ring (bicyclic) bond motifs is 4. The summed E-state index contributed by atoms with van der Waals surface area (Å²) >= 11 is 0. The van der Waals surface area contributed by atoms with Crippen LogP contribution in [0.3, 0.4) is 0 Å². The van der Waals surface area contributed by atoms with Gasteiger partial charge in [-0.05, 0) is 70.1 Å². The van der Waals surface area contributed by atoms with Gasteiger partial charge in [0.15, 0.2) is 5.82 Å². The van der Waals surface area contributed by atoms with E-state index in [0.717, 1.165) is 55.3 Å². The molecule has 186 valence electrons. The van der Waals surface area contributed by atoms with Gasteiger partial charge in [0.1, 0.15) is 0 Å². The average Bonchev–Trinajstić information content (AvgIpc) is 3.02. The van der Waals surface area contributed by atoms with Crippen LogP contribution >= 0.6 is 0 Å². The Balaban J connectivity index is 1.33. The predicted octanol–water partition coefficient (Wildman–Crippen LogP) is 8.88. The second-order valence-electron chi connectivity index (χ2n) is 10.0. The van der Waals surface area contributed by atoms with Gasteiger partial charge in [-0.25, -0.2) is 9.97 Å². The highest BCUT2D eigenvalue weighted by molar-refractivity contribution is 5.99. The van der Waals surface area contributed by atoms with E-state index in [0.29, 0.717) is 5.82 Å². The van der Waals surface area contributed by atoms with E-state index in [-0.39, 0.29) is 0 Å². The van der Waals surface area contributed by atoms with Crippen LogP contribution in [0.15, 0.2) is 134 Å². The second kappa shape index (κ2) is 9.07. The zero-order valence-corrected chi connectivity index (χ0v) is 21.5. The highest BCUT2D eigenvalue weighted by atomic mass is 14.9. The molecule has 0 N–H and O–H groups in total. The van der Waals surface area contributed by atoms with Gasteiger partial charge in [0, 0.05) is 39.9 Å². The van der Waals surface area contributed by atoms with E-state index in [1.807, 2.05) is 24.5 Å². The van der Waals surface area contributed by atoms with Crippen molar-refractivity contribution in [2.45, 2.75) is 0 Å². The molecule has 0 saturated carbocycles. The number of nitrogens with zero attached hydrogens (tertiary/aromatic N) is 4. The van der Waals surface area contributed by atoms with Crippen molar-refractivity contribution in [3.05, 3.63) is 134 Å². The summed E-state index contributed by atoms with van der Waals surface area (Å²) in [5, 5.41) is 7.01. The maximum Gasteiger partial charge on any atom is 0.160 e. The third-order valence-corrected chi connectivity index (χ3v) is 7.49. The Morgan fingerprint density at radius 2 is 0.850 bits per heavy atom. The summed E-state index contributed by atoms with van der Waals surface area (Å²) in [4.78, 5) is 19.3. The highest BCUT2D eigenvalue weighted by Crippen LogP contribution is 2.32. The maximum atomic E-state index is 5.08. The van der Waals surface area contributed by atoms with Gasteiger partial charge in [-0.2, -0.15) is 0 Å². The molecule has 0 atom stereocenters. The molecule has 4 nitrogen and oxygen atoms in total. The smallest absolute Gasteiger partial charge is 0.160 e. The lowest BCUT2D eigenvalue weighted by atomic mass is 10.0. The van der Waals surface area contributed by atoms with Crippen molar-refractivity contribution >= 4 is 43.4 Å². The molecule has 3 aromatic heterocycles. The molecule has 8 rings (SSSR count). The van der Waals surface area contributed by atoms with Gasteiger partial charge < -0.3 is 0 Å². The normalized spacial score (nSPS) is 11.5. The Bertz CT molecular complexity index is 2140. The molecular weight excluding hydrogens is 488 g/mol. The van der Waals surface area contributed by atoms with Crippen molar-refractivity contribution in [1.29, 1.82) is 0 Å². The Morgan fingerprint density at radius 3 is 1.48 bits per heavy atom. The molecule has 0 unspecified atom stereocenters. The molecule has 0 amide bonds. The van der Waals surface area contributed by atoms with E-state index in [9.17, 15) is 0 Å². The van der Waals surface area contributed by atoms with Crippen molar-refractivity contribution in [2.24, 2.45) is 0 Å². The summed E-state index contributed by atoms with van der Waals surface area (Å²) in [6.45, 7) is 0. The third kappa shape index (κ3) is 3.94. The second-order valence-corrected chi connectivity index (χ2v) is 10.0. The van der Waals surface area contributed by atoms with E-state index >= 15 is 0 Å². The maximum absolute atomic E-state index is 5.08. The molecule has 0 aliphatic heterocycles. The molecular formula is C36H22N4. The fourth-order valence-corrected chi connectivity index (χ4v) is 5.40. The Morgan fingerprint density at radius 1 is 0.350 bits per heavy atom. The lowest BCUT2D eigenvalue weighted by Crippen LogP contribution is -1.96. The van der Waals surface area contributed by atoms with Crippen LogP contribution in [0.2, 0.25) is 0 Å². The topological polar surface area (TPSA) is 51.6 Å². The van der Waals surface area contributed by atoms with E-state index < -0.39 is 0 Å². The van der Waals surface area contributed by atoms with Gasteiger partial charge in [0.2, 0.25) is 0 Å². The monoisotopic (exact) mass is 510 g/mol. The molecule has 0 bridgehead atoms. The number of rotatable bonds is 3. The first kappa shape index (κ1) is 22.5. The third-order valence-electron chi connectivity index (χ3n) is 7.49. The summed E-state index contributed by atoms with van der Waals surface area (Å²) in [7, 11) is 0. The largest absolute Gasteiger partial charge is 0.256 e. The molecule has 3 heterocycles. The standard InChI is InChI=1S/C36H22N4/c1-2-6-26-18-31-19-30(14-11-27(31)17-25(26)5-1)36-39-34(28-12-9-23-7-3-15-37-32(23)20-28)22-35(40-36)29-13-10-24-8-4-16-38-33(24)21-29/h1-22H. The first-order chi connectivity index (χ1) is 19.8. The fourth-order valence-electron chi connectivity index (χ4n) is 5.40. The fraction of sp³-hybridized carbons (Fsp3) is 0. The SMILES string of the molecule is c1ccc2cc3cc(-c4nc(-c5ccc6cccnc6c5)cc(-c5ccc6cccnc6c5)n4)ccc3cc2c1. The van der Waals surface area contributed by atoms with Gasteiger partial charge in [-0.3, -0.25) is 9.97 Å². The molecule has 40 heavy (non-hydrogen) atoms. The minimum atomic E-state index is 0.685. The highest BCUT2D eigenvalue weighted by Gasteiger charge is 2.13. The number of hydrogen-bond acceptors (Lipinski definition) is 4. The first-order valence-corrected chi connectivity index (χ1v) is 13.3. The number of pyridine rings is 2. The summed E-state index contributed by atoms with van der Waals surface area (Å²) in [6, 6.07) is 42.1. The van der Waals surface area contributed by atoms with Crippen LogP contribution < -0.4 is 0 Å². The van der Waals surface area contributed by atoms with Crippen LogP contribution in [0.4, 0.5) is 0 Å². The average molecular weight is 511 g/mol. The van der Waals surface area contributed by atoms with Crippen molar-refractivity contribution in [2.75, 3.05) is 0 Å². The van der Waals surface area contributed by atoms with Crippen LogP contribution in [0.1, 0.15) is 0 Å². The van der Waals surface area contributed by atoms with Crippen LogP contribution in [-0.2, 0) is 0 Å². The molecule has 4 heteroatoms. The quantitative estimate of drug-likeness (QED) is 0.223. The van der Waals surface area contributed by atoms with Crippen LogP contribution in [0, 0.1) is 0 Å². The van der Waals surface area contributed by atoms with Gasteiger partial charge >= 0.3 is 0 Å². The molecule has 0 aliphatic carbocycles. The zero-order valence-electron chi connectivity index (χ0n) is 21.5. The van der Waals surface area contributed by atoms with E-state index in [2.05, 4.69) is 119 Å². The number of aromatic nitrogens is 4. The molecule has 0 spiro atoms. The Labute approximate surface area is 230 Å². The summed E-state index contributed by atoms with van der Waals surface area (Å²) < 4.78 is 0. The molecule has 0 saturated heterocycles. The molecule has 5 aromatic carbocycles. The zero-order chi connectivity index (χ0) is 26.5. The van der Waals surface area contributed by atoms with Gasteiger partial charge in [0.25, 0.3) is 0 Å². The summed E-state index contributed by atoms with van der Waals surface area (Å²) in [6.07, 6.45) is 3.65. The summed E-state index contributed by atoms with van der Waals surface area (Å²) in [5.41, 5.74) is 6.57. The van der Waals surface area contributed by atoms with Crippen molar-refractivity contribution in [3.8, 4) is 33.9 Å².